The van der Waals surface area contributed by atoms with Crippen LogP contribution in [0.15, 0.2) is 0 Å². The molecule has 0 radical (unpaired) electrons. The van der Waals surface area contributed by atoms with E-state index < -0.39 is 0 Å². The van der Waals surface area contributed by atoms with Gasteiger partial charge in [0.1, 0.15) is 0 Å². The normalized spacial score (nSPS) is 11.2. The van der Waals surface area contributed by atoms with Crippen molar-refractivity contribution in [3.8, 4) is 0 Å². The van der Waals surface area contributed by atoms with Crippen LogP contribution in [0.25, 0.3) is 0 Å². The number of unbranched alkanes of at least 4 members (excludes halogenated alkanes) is 8. The van der Waals surface area contributed by atoms with Crippen molar-refractivity contribution in [1.29, 1.82) is 0 Å². The van der Waals surface area contributed by atoms with Gasteiger partial charge >= 0.3 is 0 Å². The highest BCUT2D eigenvalue weighted by Gasteiger charge is 1.98. The molecular formula is C14H31NS. The van der Waals surface area contributed by atoms with Crippen LogP contribution >= 0.6 is 12.8 Å². The summed E-state index contributed by atoms with van der Waals surface area (Å²) in [5, 5.41) is 0. The van der Waals surface area contributed by atoms with E-state index in [1.165, 1.54) is 77.3 Å². The van der Waals surface area contributed by atoms with Gasteiger partial charge in [0.25, 0.3) is 0 Å². The summed E-state index contributed by atoms with van der Waals surface area (Å²) in [6, 6.07) is 0. The first-order valence-electron chi connectivity index (χ1n) is 7.25. The number of hydrogen-bond acceptors (Lipinski definition) is 2. The number of hydrogen-bond donors (Lipinski definition) is 1. The van der Waals surface area contributed by atoms with Crippen molar-refractivity contribution in [2.75, 3.05) is 13.1 Å². The predicted molar refractivity (Wildman–Crippen MR) is 78.1 cm³/mol. The van der Waals surface area contributed by atoms with Crippen LogP contribution in [0.4, 0.5) is 0 Å². The van der Waals surface area contributed by atoms with E-state index >= 15 is 0 Å². The topological polar surface area (TPSA) is 3.24 Å². The lowest BCUT2D eigenvalue weighted by Gasteiger charge is -2.14. The summed E-state index contributed by atoms with van der Waals surface area (Å²) < 4.78 is 2.21. The molecule has 0 saturated carbocycles. The maximum Gasteiger partial charge on any atom is 0.00869 e. The first kappa shape index (κ1) is 16.3. The fourth-order valence-electron chi connectivity index (χ4n) is 1.91. The van der Waals surface area contributed by atoms with E-state index in [2.05, 4.69) is 31.0 Å². The van der Waals surface area contributed by atoms with Gasteiger partial charge in [0.05, 0.1) is 0 Å². The monoisotopic (exact) mass is 245 g/mol. The van der Waals surface area contributed by atoms with E-state index in [1.54, 1.807) is 0 Å². The highest BCUT2D eigenvalue weighted by atomic mass is 32.1. The van der Waals surface area contributed by atoms with E-state index in [-0.39, 0.29) is 0 Å². The summed E-state index contributed by atoms with van der Waals surface area (Å²) in [4.78, 5) is 0. The highest BCUT2D eigenvalue weighted by Crippen LogP contribution is 2.08. The van der Waals surface area contributed by atoms with Gasteiger partial charge in [0, 0.05) is 13.1 Å². The smallest absolute Gasteiger partial charge is 0.00869 e. The Morgan fingerprint density at radius 2 is 1.00 bits per heavy atom. The van der Waals surface area contributed by atoms with Crippen LogP contribution in [0.1, 0.15) is 78.1 Å². The molecule has 0 rings (SSSR count). The molecule has 0 fully saturated rings. The van der Waals surface area contributed by atoms with Crippen molar-refractivity contribution >= 4 is 12.8 Å². The second-order valence-electron chi connectivity index (χ2n) is 4.78. The summed E-state index contributed by atoms with van der Waals surface area (Å²) in [5.74, 6) is 0. The minimum atomic E-state index is 1.17. The molecule has 0 heterocycles. The molecule has 0 atom stereocenters. The molecule has 0 aliphatic heterocycles. The molecule has 0 saturated heterocycles. The molecule has 0 unspecified atom stereocenters. The summed E-state index contributed by atoms with van der Waals surface area (Å²) in [6.45, 7) is 6.86. The van der Waals surface area contributed by atoms with E-state index in [0.29, 0.717) is 0 Å². The van der Waals surface area contributed by atoms with Crippen LogP contribution in [-0.4, -0.2) is 17.4 Å². The second kappa shape index (κ2) is 13.4. The second-order valence-corrected chi connectivity index (χ2v) is 5.35. The molecular weight excluding hydrogens is 214 g/mol. The standard InChI is InChI=1S/C14H31NS/c1-3-5-7-9-11-13-15(16)14-12-10-8-6-4-2/h16H,3-14H2,1-2H3. The molecule has 0 aromatic rings. The third kappa shape index (κ3) is 12.4. The lowest BCUT2D eigenvalue weighted by molar-refractivity contribution is 0.430. The van der Waals surface area contributed by atoms with Gasteiger partial charge in [-0.05, 0) is 12.8 Å². The summed E-state index contributed by atoms with van der Waals surface area (Å²) >= 11 is 4.51. The van der Waals surface area contributed by atoms with Crippen LogP contribution in [0, 0.1) is 0 Å². The van der Waals surface area contributed by atoms with Crippen LogP contribution in [0.5, 0.6) is 0 Å². The number of rotatable bonds is 12. The van der Waals surface area contributed by atoms with Gasteiger partial charge in [-0.2, -0.15) is 0 Å². The molecule has 0 aliphatic rings. The van der Waals surface area contributed by atoms with Crippen LogP contribution in [0.3, 0.4) is 0 Å². The summed E-state index contributed by atoms with van der Waals surface area (Å²) in [6.07, 6.45) is 13.6. The average Bonchev–Trinajstić information content (AvgIpc) is 2.28. The van der Waals surface area contributed by atoms with Crippen molar-refractivity contribution in [1.82, 2.24) is 4.31 Å². The Morgan fingerprint density at radius 1 is 0.625 bits per heavy atom. The summed E-state index contributed by atoms with van der Waals surface area (Å²) in [5.41, 5.74) is 0. The van der Waals surface area contributed by atoms with Crippen LogP contribution < -0.4 is 0 Å². The maximum absolute atomic E-state index is 4.51. The molecule has 0 spiro atoms. The predicted octanol–water partition coefficient (Wildman–Crippen LogP) is 5.07. The molecule has 98 valence electrons. The van der Waals surface area contributed by atoms with Crippen molar-refractivity contribution in [2.45, 2.75) is 78.1 Å². The van der Waals surface area contributed by atoms with Crippen LogP contribution in [-0.2, 0) is 0 Å². The zero-order valence-corrected chi connectivity index (χ0v) is 12.3. The lowest BCUT2D eigenvalue weighted by Crippen LogP contribution is -2.15. The van der Waals surface area contributed by atoms with Gasteiger partial charge in [-0.15, -0.1) is 0 Å². The van der Waals surface area contributed by atoms with Gasteiger partial charge in [-0.25, -0.2) is 0 Å². The minimum absolute atomic E-state index is 1.17. The van der Waals surface area contributed by atoms with Crippen LogP contribution in [0.2, 0.25) is 0 Å². The molecule has 0 aliphatic carbocycles. The maximum atomic E-state index is 4.51. The number of nitrogens with zero attached hydrogens (tertiary/aromatic N) is 1. The molecule has 16 heavy (non-hydrogen) atoms. The highest BCUT2D eigenvalue weighted by molar-refractivity contribution is 7.77. The zero-order chi connectivity index (χ0) is 12.1. The summed E-state index contributed by atoms with van der Waals surface area (Å²) in [7, 11) is 0. The third-order valence-corrected chi connectivity index (χ3v) is 3.44. The molecule has 0 aromatic heterocycles. The van der Waals surface area contributed by atoms with Crippen molar-refractivity contribution < 1.29 is 0 Å². The zero-order valence-electron chi connectivity index (χ0n) is 11.4. The lowest BCUT2D eigenvalue weighted by atomic mass is 10.1. The Morgan fingerprint density at radius 3 is 1.38 bits per heavy atom. The van der Waals surface area contributed by atoms with Crippen molar-refractivity contribution in [3.05, 3.63) is 0 Å². The van der Waals surface area contributed by atoms with Gasteiger partial charge in [0.2, 0.25) is 0 Å². The van der Waals surface area contributed by atoms with Gasteiger partial charge < -0.3 is 0 Å². The fraction of sp³-hybridized carbons (Fsp3) is 1.00. The van der Waals surface area contributed by atoms with Gasteiger partial charge in [-0.3, -0.25) is 4.31 Å². The van der Waals surface area contributed by atoms with E-state index in [0.717, 1.165) is 0 Å². The van der Waals surface area contributed by atoms with Gasteiger partial charge in [0.15, 0.2) is 0 Å². The third-order valence-electron chi connectivity index (χ3n) is 3.04. The Bertz CT molecular complexity index is 114. The largest absolute Gasteiger partial charge is 0.253 e. The van der Waals surface area contributed by atoms with Crippen molar-refractivity contribution in [2.24, 2.45) is 0 Å². The molecule has 0 N–H and O–H groups in total. The Balaban J connectivity index is 3.09. The molecule has 0 bridgehead atoms. The van der Waals surface area contributed by atoms with Crippen molar-refractivity contribution in [3.63, 3.8) is 0 Å². The average molecular weight is 245 g/mol. The number of thiol groups is 1. The Kier molecular flexibility index (Phi) is 13.6. The minimum Gasteiger partial charge on any atom is -0.253 e. The fourth-order valence-corrected chi connectivity index (χ4v) is 2.19. The molecule has 2 heteroatoms. The molecule has 0 aromatic carbocycles. The Labute approximate surface area is 109 Å². The first-order valence-corrected chi connectivity index (χ1v) is 7.65. The SMILES string of the molecule is CCCCCCCN(S)CCCCCCC. The van der Waals surface area contributed by atoms with E-state index in [9.17, 15) is 0 Å². The first-order chi connectivity index (χ1) is 7.81. The van der Waals surface area contributed by atoms with E-state index in [1.807, 2.05) is 0 Å². The molecule has 0 amide bonds. The Hall–Kier alpha value is 0.310. The quantitative estimate of drug-likeness (QED) is 0.371. The van der Waals surface area contributed by atoms with Gasteiger partial charge in [-0.1, -0.05) is 78.0 Å². The van der Waals surface area contributed by atoms with E-state index in [4.69, 9.17) is 0 Å². The molecule has 1 nitrogen and oxygen atoms in total.